The van der Waals surface area contributed by atoms with Crippen LogP contribution in [0.1, 0.15) is 24.3 Å². The molecule has 2 aromatic carbocycles. The van der Waals surface area contributed by atoms with Gasteiger partial charge in [0.25, 0.3) is 0 Å². The van der Waals surface area contributed by atoms with Crippen molar-refractivity contribution in [1.82, 2.24) is 19.7 Å². The molecular weight excluding hydrogens is 456 g/mol. The van der Waals surface area contributed by atoms with E-state index in [2.05, 4.69) is 15.0 Å². The zero-order valence-electron chi connectivity index (χ0n) is 16.9. The maximum absolute atomic E-state index is 12.8. The Labute approximate surface area is 186 Å². The van der Waals surface area contributed by atoms with Gasteiger partial charge in [-0.25, -0.2) is 17.9 Å². The molecule has 2 heterocycles. The summed E-state index contributed by atoms with van der Waals surface area (Å²) < 4.78 is 30.7. The number of hydrogen-bond acceptors (Lipinski definition) is 7. The summed E-state index contributed by atoms with van der Waals surface area (Å²) in [5.41, 5.74) is 0.435. The van der Waals surface area contributed by atoms with Crippen LogP contribution in [0.5, 0.6) is 0 Å². The Kier molecular flexibility index (Phi) is 5.44. The SMILES string of the molecule is CC(C)C(NS(=O)(=O)c1ccc2c(c1)sc1cc(-n3cc(C(=O)O)nn3)ccc12)C(=O)O. The Bertz CT molecular complexity index is 1470. The van der Waals surface area contributed by atoms with Crippen LogP contribution >= 0.6 is 11.3 Å². The lowest BCUT2D eigenvalue weighted by molar-refractivity contribution is -0.140. The van der Waals surface area contributed by atoms with Crippen molar-refractivity contribution in [2.24, 2.45) is 5.92 Å². The number of nitrogens with one attached hydrogen (secondary N) is 1. The number of sulfonamides is 1. The zero-order valence-corrected chi connectivity index (χ0v) is 18.5. The number of carboxylic acid groups (broad SMARTS) is 2. The maximum atomic E-state index is 12.8. The van der Waals surface area contributed by atoms with Crippen molar-refractivity contribution in [3.63, 3.8) is 0 Å². The van der Waals surface area contributed by atoms with Crippen LogP contribution in [0.4, 0.5) is 0 Å². The van der Waals surface area contributed by atoms with E-state index >= 15 is 0 Å². The van der Waals surface area contributed by atoms with Gasteiger partial charge < -0.3 is 10.2 Å². The van der Waals surface area contributed by atoms with Crippen molar-refractivity contribution in [3.8, 4) is 5.69 Å². The Balaban J connectivity index is 1.73. The van der Waals surface area contributed by atoms with Gasteiger partial charge in [-0.05, 0) is 30.2 Å². The Morgan fingerprint density at radius 1 is 1.06 bits per heavy atom. The summed E-state index contributed by atoms with van der Waals surface area (Å²) in [6.07, 6.45) is 1.31. The third kappa shape index (κ3) is 3.95. The number of rotatable bonds is 7. The number of thiophene rings is 1. The van der Waals surface area contributed by atoms with Crippen molar-refractivity contribution < 1.29 is 28.2 Å². The van der Waals surface area contributed by atoms with Gasteiger partial charge >= 0.3 is 11.9 Å². The molecule has 0 aliphatic carbocycles. The largest absolute Gasteiger partial charge is 0.480 e. The normalized spacial score (nSPS) is 13.1. The van der Waals surface area contributed by atoms with E-state index in [0.29, 0.717) is 10.4 Å². The molecule has 0 fully saturated rings. The van der Waals surface area contributed by atoms with E-state index in [4.69, 9.17) is 5.11 Å². The molecule has 0 saturated carbocycles. The second kappa shape index (κ2) is 7.97. The Morgan fingerprint density at radius 3 is 2.31 bits per heavy atom. The molecule has 4 aromatic rings. The lowest BCUT2D eigenvalue weighted by Crippen LogP contribution is -2.44. The number of fused-ring (bicyclic) bond motifs is 3. The highest BCUT2D eigenvalue weighted by molar-refractivity contribution is 7.89. The molecule has 4 rings (SSSR count). The number of aliphatic carboxylic acids is 1. The van der Waals surface area contributed by atoms with Gasteiger partial charge in [-0.15, -0.1) is 16.4 Å². The highest BCUT2D eigenvalue weighted by Gasteiger charge is 2.28. The second-order valence-electron chi connectivity index (χ2n) is 7.48. The number of benzene rings is 2. The van der Waals surface area contributed by atoms with Crippen LogP contribution < -0.4 is 4.72 Å². The minimum atomic E-state index is -4.04. The fourth-order valence-corrected chi connectivity index (χ4v) is 5.87. The van der Waals surface area contributed by atoms with Crippen molar-refractivity contribution >= 4 is 53.5 Å². The number of aromatic carboxylic acids is 1. The first-order valence-corrected chi connectivity index (χ1v) is 11.7. The molecule has 2 aromatic heterocycles. The smallest absolute Gasteiger partial charge is 0.358 e. The van der Waals surface area contributed by atoms with E-state index in [1.54, 1.807) is 26.0 Å². The Morgan fingerprint density at radius 2 is 1.72 bits per heavy atom. The lowest BCUT2D eigenvalue weighted by Gasteiger charge is -2.18. The van der Waals surface area contributed by atoms with Crippen LogP contribution in [-0.2, 0) is 14.8 Å². The molecule has 10 nitrogen and oxygen atoms in total. The number of aromatic nitrogens is 3. The van der Waals surface area contributed by atoms with Crippen LogP contribution in [0.2, 0.25) is 0 Å². The maximum Gasteiger partial charge on any atom is 0.358 e. The average molecular weight is 475 g/mol. The fourth-order valence-electron chi connectivity index (χ4n) is 3.25. The van der Waals surface area contributed by atoms with E-state index in [-0.39, 0.29) is 10.6 Å². The molecule has 0 saturated heterocycles. The van der Waals surface area contributed by atoms with Crippen LogP contribution in [0.15, 0.2) is 47.5 Å². The summed E-state index contributed by atoms with van der Waals surface area (Å²) in [6, 6.07) is 8.83. The van der Waals surface area contributed by atoms with E-state index in [9.17, 15) is 23.1 Å². The zero-order chi connectivity index (χ0) is 23.2. The first-order valence-electron chi connectivity index (χ1n) is 9.44. The van der Waals surface area contributed by atoms with Crippen LogP contribution in [0, 0.1) is 5.92 Å². The molecule has 0 spiro atoms. The van der Waals surface area contributed by atoms with Crippen molar-refractivity contribution in [2.45, 2.75) is 24.8 Å². The Hall–Kier alpha value is -3.35. The highest BCUT2D eigenvalue weighted by Crippen LogP contribution is 2.36. The van der Waals surface area contributed by atoms with Gasteiger partial charge in [-0.2, -0.15) is 4.72 Å². The quantitative estimate of drug-likeness (QED) is 0.370. The van der Waals surface area contributed by atoms with Crippen LogP contribution in [0.25, 0.3) is 25.9 Å². The van der Waals surface area contributed by atoms with Crippen molar-refractivity contribution in [1.29, 1.82) is 0 Å². The number of nitrogens with zero attached hydrogens (tertiary/aromatic N) is 3. The highest BCUT2D eigenvalue weighted by atomic mass is 32.2. The van der Waals surface area contributed by atoms with Crippen LogP contribution in [0.3, 0.4) is 0 Å². The predicted octanol–water partition coefficient (Wildman–Crippen LogP) is 2.72. The van der Waals surface area contributed by atoms with E-state index in [1.165, 1.54) is 34.3 Å². The monoisotopic (exact) mass is 474 g/mol. The van der Waals surface area contributed by atoms with Gasteiger partial charge in [0.05, 0.1) is 16.8 Å². The van der Waals surface area contributed by atoms with E-state index in [1.807, 2.05) is 12.1 Å². The van der Waals surface area contributed by atoms with Gasteiger partial charge in [-0.1, -0.05) is 31.2 Å². The number of carbonyl (C=O) groups is 2. The molecule has 0 aliphatic heterocycles. The molecule has 1 unspecified atom stereocenters. The molecule has 0 aliphatic rings. The third-order valence-electron chi connectivity index (χ3n) is 4.93. The molecule has 0 radical (unpaired) electrons. The molecule has 32 heavy (non-hydrogen) atoms. The minimum Gasteiger partial charge on any atom is -0.480 e. The molecule has 1 atom stereocenters. The molecular formula is C20H18N4O6S2. The molecule has 12 heteroatoms. The first kappa shape index (κ1) is 21.9. The van der Waals surface area contributed by atoms with Gasteiger partial charge in [0, 0.05) is 20.2 Å². The van der Waals surface area contributed by atoms with Gasteiger partial charge in [0.1, 0.15) is 6.04 Å². The summed E-state index contributed by atoms with van der Waals surface area (Å²) in [4.78, 5) is 22.4. The third-order valence-corrected chi connectivity index (χ3v) is 7.48. The average Bonchev–Trinajstić information content (AvgIpc) is 3.35. The molecule has 166 valence electrons. The minimum absolute atomic E-state index is 0.0222. The van der Waals surface area contributed by atoms with Gasteiger partial charge in [0.2, 0.25) is 10.0 Å². The van der Waals surface area contributed by atoms with E-state index in [0.717, 1.165) is 15.5 Å². The summed E-state index contributed by atoms with van der Waals surface area (Å²) in [7, 11) is -4.04. The van der Waals surface area contributed by atoms with E-state index < -0.39 is 33.9 Å². The fraction of sp³-hybridized carbons (Fsp3) is 0.200. The lowest BCUT2D eigenvalue weighted by atomic mass is 10.1. The summed E-state index contributed by atoms with van der Waals surface area (Å²) in [6.45, 7) is 3.26. The first-order chi connectivity index (χ1) is 15.1. The summed E-state index contributed by atoms with van der Waals surface area (Å²) >= 11 is 1.36. The second-order valence-corrected chi connectivity index (χ2v) is 10.3. The molecule has 0 bridgehead atoms. The van der Waals surface area contributed by atoms with Gasteiger partial charge in [-0.3, -0.25) is 4.79 Å². The predicted molar refractivity (Wildman–Crippen MR) is 118 cm³/mol. The number of hydrogen-bond donors (Lipinski definition) is 3. The topological polar surface area (TPSA) is 151 Å². The standard InChI is InChI=1S/C20H18N4O6S2/c1-10(2)18(20(27)28)22-32(29,30)12-4-6-14-13-5-3-11(7-16(13)31-17(14)8-12)24-9-15(19(25)26)21-23-24/h3-10,18,22H,1-2H3,(H,25,26)(H,27,28). The molecule has 0 amide bonds. The number of carboxylic acids is 2. The summed E-state index contributed by atoms with van der Waals surface area (Å²) in [5.74, 6) is -2.84. The van der Waals surface area contributed by atoms with Crippen molar-refractivity contribution in [2.75, 3.05) is 0 Å². The molecule has 3 N–H and O–H groups in total. The summed E-state index contributed by atoms with van der Waals surface area (Å²) in [5, 5.41) is 27.5. The van der Waals surface area contributed by atoms with Gasteiger partial charge in [0.15, 0.2) is 5.69 Å². The van der Waals surface area contributed by atoms with Crippen LogP contribution in [-0.4, -0.2) is 51.6 Å². The van der Waals surface area contributed by atoms with Crippen molar-refractivity contribution in [3.05, 3.63) is 48.3 Å².